The molecule has 0 aliphatic carbocycles. The van der Waals surface area contributed by atoms with Crippen LogP contribution in [0.2, 0.25) is 0 Å². The summed E-state index contributed by atoms with van der Waals surface area (Å²) >= 11 is 0. The number of nitrogens with one attached hydrogen (secondary N) is 1. The molecule has 2 aliphatic heterocycles. The molecule has 1 aromatic rings. The van der Waals surface area contributed by atoms with Crippen LogP contribution in [0.5, 0.6) is 0 Å². The Labute approximate surface area is 108 Å². The number of amides is 1. The number of carbonyl (C=O) groups is 1. The predicted molar refractivity (Wildman–Crippen MR) is 73.2 cm³/mol. The summed E-state index contributed by atoms with van der Waals surface area (Å²) in [7, 11) is 3.98. The largest absolute Gasteiger partial charge is 0.370 e. The summed E-state index contributed by atoms with van der Waals surface area (Å²) in [6.45, 7) is 2.15. The summed E-state index contributed by atoms with van der Waals surface area (Å²) in [4.78, 5) is 15.7. The van der Waals surface area contributed by atoms with Gasteiger partial charge in [-0.05, 0) is 36.7 Å². The highest BCUT2D eigenvalue weighted by molar-refractivity contribution is 6.01. The molecule has 1 amide bonds. The summed E-state index contributed by atoms with van der Waals surface area (Å²) < 4.78 is 0. The van der Waals surface area contributed by atoms with Crippen LogP contribution >= 0.6 is 0 Å². The van der Waals surface area contributed by atoms with Gasteiger partial charge in [0.05, 0.1) is 6.42 Å². The van der Waals surface area contributed by atoms with Crippen molar-refractivity contribution in [3.63, 3.8) is 0 Å². The van der Waals surface area contributed by atoms with Gasteiger partial charge < -0.3 is 15.1 Å². The van der Waals surface area contributed by atoms with Crippen LogP contribution in [0.1, 0.15) is 12.0 Å². The number of benzene rings is 1. The van der Waals surface area contributed by atoms with Gasteiger partial charge in [-0.15, -0.1) is 0 Å². The minimum Gasteiger partial charge on any atom is -0.370 e. The van der Waals surface area contributed by atoms with E-state index in [0.29, 0.717) is 12.5 Å². The molecular weight excluding hydrogens is 226 g/mol. The van der Waals surface area contributed by atoms with Crippen LogP contribution in [0.25, 0.3) is 0 Å². The molecule has 96 valence electrons. The minimum atomic E-state index is 0.187. The molecule has 3 rings (SSSR count). The molecular formula is C14H19N3O. The van der Waals surface area contributed by atoms with Gasteiger partial charge in [-0.1, -0.05) is 0 Å². The summed E-state index contributed by atoms with van der Waals surface area (Å²) in [5, 5.41) is 3.39. The smallest absolute Gasteiger partial charge is 0.231 e. The van der Waals surface area contributed by atoms with E-state index in [1.54, 1.807) is 4.90 Å². The van der Waals surface area contributed by atoms with Gasteiger partial charge >= 0.3 is 0 Å². The van der Waals surface area contributed by atoms with E-state index in [4.69, 9.17) is 0 Å². The van der Waals surface area contributed by atoms with Crippen LogP contribution < -0.4 is 15.1 Å². The Bertz CT molecular complexity index is 480. The van der Waals surface area contributed by atoms with Crippen molar-refractivity contribution in [1.82, 2.24) is 5.32 Å². The van der Waals surface area contributed by atoms with Crippen molar-refractivity contribution in [2.75, 3.05) is 37.0 Å². The molecule has 18 heavy (non-hydrogen) atoms. The van der Waals surface area contributed by atoms with Crippen molar-refractivity contribution in [3.8, 4) is 0 Å². The predicted octanol–water partition coefficient (Wildman–Crippen LogP) is 1.00. The first-order chi connectivity index (χ1) is 8.66. The molecule has 2 aliphatic rings. The second kappa shape index (κ2) is 4.28. The van der Waals surface area contributed by atoms with E-state index in [-0.39, 0.29) is 5.91 Å². The number of hydrogen-bond donors (Lipinski definition) is 1. The van der Waals surface area contributed by atoms with E-state index in [9.17, 15) is 4.79 Å². The normalized spacial score (nSPS) is 22.4. The van der Waals surface area contributed by atoms with Gasteiger partial charge in [0.1, 0.15) is 0 Å². The van der Waals surface area contributed by atoms with Crippen LogP contribution in [-0.4, -0.2) is 39.1 Å². The quantitative estimate of drug-likeness (QED) is 0.844. The second-order valence-corrected chi connectivity index (χ2v) is 5.20. The standard InChI is InChI=1S/C14H19N3O/c1-16(12-5-6-15-9-12)11-3-4-13-10(7-11)8-14(18)17(13)2/h3-4,7,12,15H,5-6,8-9H2,1-2H3. The summed E-state index contributed by atoms with van der Waals surface area (Å²) in [6.07, 6.45) is 1.73. The van der Waals surface area contributed by atoms with Crippen LogP contribution in [0.3, 0.4) is 0 Å². The summed E-state index contributed by atoms with van der Waals surface area (Å²) in [6, 6.07) is 6.91. The van der Waals surface area contributed by atoms with Gasteiger partial charge in [0.25, 0.3) is 0 Å². The molecule has 1 saturated heterocycles. The molecule has 0 saturated carbocycles. The van der Waals surface area contributed by atoms with Gasteiger partial charge in [-0.2, -0.15) is 0 Å². The Hall–Kier alpha value is -1.55. The fourth-order valence-electron chi connectivity index (χ4n) is 2.86. The van der Waals surface area contributed by atoms with Gasteiger partial charge in [0.15, 0.2) is 0 Å². The molecule has 1 unspecified atom stereocenters. The van der Waals surface area contributed by atoms with Crippen molar-refractivity contribution in [3.05, 3.63) is 23.8 Å². The molecule has 0 aromatic heterocycles. The number of nitrogens with zero attached hydrogens (tertiary/aromatic N) is 2. The van der Waals surface area contributed by atoms with Gasteiger partial charge in [-0.3, -0.25) is 4.79 Å². The zero-order valence-corrected chi connectivity index (χ0v) is 10.9. The maximum atomic E-state index is 11.7. The molecule has 4 heteroatoms. The lowest BCUT2D eigenvalue weighted by atomic mass is 10.1. The van der Waals surface area contributed by atoms with Crippen LogP contribution in [0.15, 0.2) is 18.2 Å². The highest BCUT2D eigenvalue weighted by atomic mass is 16.2. The lowest BCUT2D eigenvalue weighted by Crippen LogP contribution is -2.33. The molecule has 4 nitrogen and oxygen atoms in total. The van der Waals surface area contributed by atoms with Crippen molar-refractivity contribution in [2.24, 2.45) is 0 Å². The third-order valence-electron chi connectivity index (χ3n) is 4.13. The summed E-state index contributed by atoms with van der Waals surface area (Å²) in [5.74, 6) is 0.187. The first-order valence-electron chi connectivity index (χ1n) is 6.50. The number of likely N-dealkylation sites (N-methyl/N-ethyl adjacent to an activating group) is 2. The minimum absolute atomic E-state index is 0.187. The Kier molecular flexibility index (Phi) is 2.74. The van der Waals surface area contributed by atoms with Crippen molar-refractivity contribution >= 4 is 17.3 Å². The number of fused-ring (bicyclic) bond motifs is 1. The average molecular weight is 245 g/mol. The Balaban J connectivity index is 1.87. The number of rotatable bonds is 2. The molecule has 0 spiro atoms. The third-order valence-corrected chi connectivity index (χ3v) is 4.13. The molecule has 2 heterocycles. The van der Waals surface area contributed by atoms with E-state index in [2.05, 4.69) is 35.5 Å². The van der Waals surface area contributed by atoms with Crippen LogP contribution in [0.4, 0.5) is 11.4 Å². The zero-order chi connectivity index (χ0) is 12.7. The number of anilines is 2. The highest BCUT2D eigenvalue weighted by Gasteiger charge is 2.25. The topological polar surface area (TPSA) is 35.6 Å². The van der Waals surface area contributed by atoms with Crippen LogP contribution in [0, 0.1) is 0 Å². The maximum Gasteiger partial charge on any atom is 0.231 e. The van der Waals surface area contributed by atoms with Crippen molar-refractivity contribution < 1.29 is 4.79 Å². The van der Waals surface area contributed by atoms with E-state index in [1.165, 1.54) is 12.1 Å². The van der Waals surface area contributed by atoms with Gasteiger partial charge in [0.2, 0.25) is 5.91 Å². The Morgan fingerprint density at radius 1 is 1.44 bits per heavy atom. The highest BCUT2D eigenvalue weighted by Crippen LogP contribution is 2.31. The third kappa shape index (κ3) is 1.77. The fourth-order valence-corrected chi connectivity index (χ4v) is 2.86. The second-order valence-electron chi connectivity index (χ2n) is 5.20. The molecule has 0 bridgehead atoms. The Morgan fingerprint density at radius 2 is 2.28 bits per heavy atom. The molecule has 1 atom stereocenters. The Morgan fingerprint density at radius 3 is 3.00 bits per heavy atom. The molecule has 1 aromatic carbocycles. The van der Waals surface area contributed by atoms with Crippen LogP contribution in [-0.2, 0) is 11.2 Å². The van der Waals surface area contributed by atoms with E-state index >= 15 is 0 Å². The molecule has 1 N–H and O–H groups in total. The summed E-state index contributed by atoms with van der Waals surface area (Å²) in [5.41, 5.74) is 3.42. The van der Waals surface area contributed by atoms with Crippen molar-refractivity contribution in [2.45, 2.75) is 18.9 Å². The van der Waals surface area contributed by atoms with Gasteiger partial charge in [-0.25, -0.2) is 0 Å². The molecule has 1 fully saturated rings. The fraction of sp³-hybridized carbons (Fsp3) is 0.500. The SMILES string of the molecule is CN1C(=O)Cc2cc(N(C)C3CCNC3)ccc21. The van der Waals surface area contributed by atoms with E-state index in [0.717, 1.165) is 24.3 Å². The first kappa shape index (κ1) is 11.5. The monoisotopic (exact) mass is 245 g/mol. The number of hydrogen-bond acceptors (Lipinski definition) is 3. The van der Waals surface area contributed by atoms with Crippen molar-refractivity contribution in [1.29, 1.82) is 0 Å². The lowest BCUT2D eigenvalue weighted by Gasteiger charge is -2.26. The van der Waals surface area contributed by atoms with Gasteiger partial charge in [0, 0.05) is 38.1 Å². The molecule has 0 radical (unpaired) electrons. The lowest BCUT2D eigenvalue weighted by molar-refractivity contribution is -0.117. The average Bonchev–Trinajstić information content (AvgIpc) is 2.98. The first-order valence-corrected chi connectivity index (χ1v) is 6.50. The zero-order valence-electron chi connectivity index (χ0n) is 10.9. The van der Waals surface area contributed by atoms with E-state index in [1.807, 2.05) is 7.05 Å². The maximum absolute atomic E-state index is 11.7. The van der Waals surface area contributed by atoms with E-state index < -0.39 is 0 Å². The number of carbonyl (C=O) groups excluding carboxylic acids is 1.